The number of hydrogen-bond donors (Lipinski definition) is 2. The van der Waals surface area contributed by atoms with Crippen molar-refractivity contribution in [3.05, 3.63) is 70.1 Å². The molecule has 0 radical (unpaired) electrons. The fourth-order valence-corrected chi connectivity index (χ4v) is 2.91. The van der Waals surface area contributed by atoms with Crippen molar-refractivity contribution in [1.82, 2.24) is 14.7 Å². The zero-order valence-electron chi connectivity index (χ0n) is 16.6. The minimum atomic E-state index is -0.807. The highest BCUT2D eigenvalue weighted by atomic mass is 16.2. The number of aryl methyl sites for hydroxylation is 1. The zero-order valence-corrected chi connectivity index (χ0v) is 16.6. The number of nitrogens with two attached hydrogens (primary N) is 1. The number of anilines is 1. The number of aromatic nitrogens is 2. The van der Waals surface area contributed by atoms with Gasteiger partial charge in [0.1, 0.15) is 6.54 Å². The topological polar surface area (TPSA) is 127 Å². The summed E-state index contributed by atoms with van der Waals surface area (Å²) in [6.07, 6.45) is 0. The molecule has 0 aliphatic carbocycles. The molecule has 0 spiro atoms. The Morgan fingerprint density at radius 2 is 1.70 bits per heavy atom. The van der Waals surface area contributed by atoms with Crippen LogP contribution in [0.2, 0.25) is 0 Å². The Hall–Kier alpha value is -4.01. The van der Waals surface area contributed by atoms with Crippen molar-refractivity contribution in [3.63, 3.8) is 0 Å². The normalized spacial score (nSPS) is 10.6. The van der Waals surface area contributed by atoms with Crippen LogP contribution < -0.4 is 16.6 Å². The highest BCUT2D eigenvalue weighted by molar-refractivity contribution is 6.04. The molecule has 1 aromatic heterocycles. The summed E-state index contributed by atoms with van der Waals surface area (Å²) in [5, 5.41) is 7.21. The third-order valence-electron chi connectivity index (χ3n) is 4.53. The quantitative estimate of drug-likeness (QED) is 0.628. The molecule has 154 valence electrons. The Morgan fingerprint density at radius 3 is 2.33 bits per heavy atom. The van der Waals surface area contributed by atoms with Crippen LogP contribution in [0.25, 0.3) is 10.8 Å². The van der Waals surface area contributed by atoms with Crippen LogP contribution in [0.1, 0.15) is 16.1 Å². The van der Waals surface area contributed by atoms with E-state index in [0.717, 1.165) is 10.2 Å². The first kappa shape index (κ1) is 20.7. The smallest absolute Gasteiger partial charge is 0.275 e. The van der Waals surface area contributed by atoms with Gasteiger partial charge in [0.15, 0.2) is 5.69 Å². The van der Waals surface area contributed by atoms with Gasteiger partial charge in [0.05, 0.1) is 11.9 Å². The first-order valence-corrected chi connectivity index (χ1v) is 9.16. The number of hydrogen-bond acceptors (Lipinski definition) is 5. The van der Waals surface area contributed by atoms with Gasteiger partial charge in [0.2, 0.25) is 11.8 Å². The molecule has 2 aromatic carbocycles. The Balaban J connectivity index is 1.75. The van der Waals surface area contributed by atoms with E-state index in [0.29, 0.717) is 11.1 Å². The average Bonchev–Trinajstić information content (AvgIpc) is 2.71. The number of nitrogens with zero attached hydrogens (tertiary/aromatic N) is 3. The van der Waals surface area contributed by atoms with Crippen molar-refractivity contribution < 1.29 is 14.4 Å². The Kier molecular flexibility index (Phi) is 5.91. The first-order valence-electron chi connectivity index (χ1n) is 9.16. The molecule has 0 saturated carbocycles. The highest BCUT2D eigenvalue weighted by Crippen LogP contribution is 2.13. The van der Waals surface area contributed by atoms with Gasteiger partial charge in [-0.05, 0) is 25.1 Å². The lowest BCUT2D eigenvalue weighted by atomic mass is 10.1. The number of carbonyl (C=O) groups is 3. The summed E-state index contributed by atoms with van der Waals surface area (Å²) in [6.45, 7) is 1.29. The average molecular weight is 407 g/mol. The molecular weight excluding hydrogens is 386 g/mol. The van der Waals surface area contributed by atoms with Gasteiger partial charge in [0, 0.05) is 18.1 Å². The van der Waals surface area contributed by atoms with Gasteiger partial charge in [0.25, 0.3) is 11.5 Å². The van der Waals surface area contributed by atoms with Gasteiger partial charge in [-0.1, -0.05) is 35.9 Å². The van der Waals surface area contributed by atoms with Crippen LogP contribution in [-0.2, 0) is 16.1 Å². The molecule has 9 nitrogen and oxygen atoms in total. The molecule has 3 aromatic rings. The van der Waals surface area contributed by atoms with Crippen LogP contribution in [0.3, 0.4) is 0 Å². The van der Waals surface area contributed by atoms with E-state index in [1.165, 1.54) is 18.0 Å². The second-order valence-corrected chi connectivity index (χ2v) is 6.89. The molecule has 1 heterocycles. The maximum absolute atomic E-state index is 12.7. The van der Waals surface area contributed by atoms with Crippen molar-refractivity contribution in [3.8, 4) is 0 Å². The van der Waals surface area contributed by atoms with E-state index in [2.05, 4.69) is 10.4 Å². The number of carbonyl (C=O) groups excluding carboxylic acids is 3. The van der Waals surface area contributed by atoms with E-state index in [1.807, 2.05) is 19.1 Å². The molecule has 3 amide bonds. The maximum Gasteiger partial charge on any atom is 0.275 e. The van der Waals surface area contributed by atoms with Gasteiger partial charge in [-0.2, -0.15) is 5.10 Å². The summed E-state index contributed by atoms with van der Waals surface area (Å²) >= 11 is 0. The molecule has 0 atom stereocenters. The number of likely N-dealkylation sites (N-methyl/N-ethyl adjacent to an activating group) is 1. The van der Waals surface area contributed by atoms with E-state index in [4.69, 9.17) is 5.73 Å². The third-order valence-corrected chi connectivity index (χ3v) is 4.53. The lowest BCUT2D eigenvalue weighted by Gasteiger charge is -2.17. The number of primary amides is 1. The van der Waals surface area contributed by atoms with E-state index in [9.17, 15) is 19.2 Å². The second-order valence-electron chi connectivity index (χ2n) is 6.89. The molecule has 3 N–H and O–H groups in total. The maximum atomic E-state index is 12.7. The van der Waals surface area contributed by atoms with Crippen molar-refractivity contribution in [2.75, 3.05) is 18.9 Å². The van der Waals surface area contributed by atoms with Crippen molar-refractivity contribution >= 4 is 34.2 Å². The van der Waals surface area contributed by atoms with Crippen LogP contribution in [0.5, 0.6) is 0 Å². The standard InChI is InChI=1S/C21H21N5O4/c1-13-7-9-14(10-8-13)23-17(27)11-25(2)18(28)12-26-21(30)16-6-4-3-5-15(16)19(24-26)20(22)29/h3-10H,11-12H2,1-2H3,(H2,22,29)(H,23,27). The van der Waals surface area contributed by atoms with Gasteiger partial charge < -0.3 is 16.0 Å². The molecule has 0 aliphatic heterocycles. The fourth-order valence-electron chi connectivity index (χ4n) is 2.91. The Bertz CT molecular complexity index is 1180. The fraction of sp³-hybridized carbons (Fsp3) is 0.190. The van der Waals surface area contributed by atoms with Crippen LogP contribution >= 0.6 is 0 Å². The number of amides is 3. The monoisotopic (exact) mass is 407 g/mol. The lowest BCUT2D eigenvalue weighted by molar-refractivity contribution is -0.134. The molecule has 9 heteroatoms. The zero-order chi connectivity index (χ0) is 21.8. The molecular formula is C21H21N5O4. The number of nitrogens with one attached hydrogen (secondary N) is 1. The third kappa shape index (κ3) is 4.52. The minimum Gasteiger partial charge on any atom is -0.364 e. The summed E-state index contributed by atoms with van der Waals surface area (Å²) in [5.41, 5.74) is 6.42. The second kappa shape index (κ2) is 8.56. The predicted molar refractivity (Wildman–Crippen MR) is 112 cm³/mol. The van der Waals surface area contributed by atoms with Crippen LogP contribution in [0.4, 0.5) is 5.69 Å². The lowest BCUT2D eigenvalue weighted by Crippen LogP contribution is -2.39. The van der Waals surface area contributed by atoms with Crippen LogP contribution in [0.15, 0.2) is 53.3 Å². The molecule has 3 rings (SSSR count). The molecule has 30 heavy (non-hydrogen) atoms. The summed E-state index contributed by atoms with van der Waals surface area (Å²) in [4.78, 5) is 50.3. The summed E-state index contributed by atoms with van der Waals surface area (Å²) in [5.74, 6) is -1.71. The SMILES string of the molecule is Cc1ccc(NC(=O)CN(C)C(=O)Cn2nc(C(N)=O)c3ccccc3c2=O)cc1. The van der Waals surface area contributed by atoms with Gasteiger partial charge in [-0.15, -0.1) is 0 Å². The Labute approximate surface area is 172 Å². The number of fused-ring (bicyclic) bond motifs is 1. The van der Waals surface area contributed by atoms with E-state index in [-0.39, 0.29) is 23.5 Å². The van der Waals surface area contributed by atoms with E-state index < -0.39 is 23.9 Å². The highest BCUT2D eigenvalue weighted by Gasteiger charge is 2.18. The number of rotatable bonds is 6. The van der Waals surface area contributed by atoms with Crippen LogP contribution in [0, 0.1) is 6.92 Å². The molecule has 0 bridgehead atoms. The van der Waals surface area contributed by atoms with Crippen LogP contribution in [-0.4, -0.2) is 46.0 Å². The minimum absolute atomic E-state index is 0.0993. The van der Waals surface area contributed by atoms with E-state index >= 15 is 0 Å². The predicted octanol–water partition coefficient (Wildman–Crippen LogP) is 0.901. The Morgan fingerprint density at radius 1 is 1.07 bits per heavy atom. The molecule has 0 fully saturated rings. The molecule has 0 aliphatic rings. The van der Waals surface area contributed by atoms with Gasteiger partial charge in [-0.25, -0.2) is 4.68 Å². The van der Waals surface area contributed by atoms with Gasteiger partial charge >= 0.3 is 0 Å². The van der Waals surface area contributed by atoms with Crippen molar-refractivity contribution in [2.45, 2.75) is 13.5 Å². The van der Waals surface area contributed by atoms with Gasteiger partial charge in [-0.3, -0.25) is 19.2 Å². The van der Waals surface area contributed by atoms with E-state index in [1.54, 1.807) is 30.3 Å². The largest absolute Gasteiger partial charge is 0.364 e. The first-order chi connectivity index (χ1) is 14.3. The molecule has 0 unspecified atom stereocenters. The van der Waals surface area contributed by atoms with Crippen molar-refractivity contribution in [1.29, 1.82) is 0 Å². The molecule has 0 saturated heterocycles. The summed E-state index contributed by atoms with van der Waals surface area (Å²) in [6, 6.07) is 13.6. The summed E-state index contributed by atoms with van der Waals surface area (Å²) < 4.78 is 0.888. The van der Waals surface area contributed by atoms with Crippen molar-refractivity contribution in [2.24, 2.45) is 5.73 Å². The summed E-state index contributed by atoms with van der Waals surface area (Å²) in [7, 11) is 1.44. The number of benzene rings is 2.